The summed E-state index contributed by atoms with van der Waals surface area (Å²) in [6.45, 7) is 3.32. The summed E-state index contributed by atoms with van der Waals surface area (Å²) in [5.74, 6) is 5.35. The van der Waals surface area contributed by atoms with Crippen LogP contribution in [-0.2, 0) is 0 Å². The molecule has 9 nitrogen and oxygen atoms in total. The first-order valence-corrected chi connectivity index (χ1v) is 6.30. The normalized spacial score (nSPS) is 10.3. The lowest BCUT2D eigenvalue weighted by Gasteiger charge is -2.06. The number of aromatic nitrogens is 4. The Kier molecular flexibility index (Phi) is 4.05. The van der Waals surface area contributed by atoms with E-state index < -0.39 is 4.92 Å². The quantitative estimate of drug-likeness (QED) is 0.280. The third kappa shape index (κ3) is 2.97. The average molecular weight is 293 g/mol. The van der Waals surface area contributed by atoms with Crippen LogP contribution >= 0.6 is 11.8 Å². The van der Waals surface area contributed by atoms with Crippen LogP contribution in [0.5, 0.6) is 0 Å². The Labute approximate surface area is 118 Å². The van der Waals surface area contributed by atoms with Gasteiger partial charge in [0.05, 0.1) is 4.92 Å². The van der Waals surface area contributed by atoms with Crippen molar-refractivity contribution in [2.75, 3.05) is 5.43 Å². The molecule has 2 aromatic rings. The summed E-state index contributed by atoms with van der Waals surface area (Å²) >= 11 is 0.990. The highest BCUT2D eigenvalue weighted by Gasteiger charge is 2.23. The number of nitro groups is 1. The van der Waals surface area contributed by atoms with Gasteiger partial charge in [-0.3, -0.25) is 15.5 Å². The summed E-state index contributed by atoms with van der Waals surface area (Å²) in [7, 11) is 0. The third-order valence-electron chi connectivity index (χ3n) is 2.30. The van der Waals surface area contributed by atoms with E-state index >= 15 is 0 Å². The molecule has 2 aromatic heterocycles. The molecule has 3 N–H and O–H groups in total. The summed E-state index contributed by atoms with van der Waals surface area (Å²) in [6.07, 6.45) is 1.58. The maximum atomic E-state index is 11.1. The van der Waals surface area contributed by atoms with Gasteiger partial charge in [-0.2, -0.15) is 4.98 Å². The number of hydrazine groups is 1. The topological polar surface area (TPSA) is 133 Å². The second-order valence-electron chi connectivity index (χ2n) is 3.77. The van der Waals surface area contributed by atoms with Crippen molar-refractivity contribution in [1.29, 1.82) is 0 Å². The van der Waals surface area contributed by atoms with E-state index in [1.165, 1.54) is 6.92 Å². The summed E-state index contributed by atoms with van der Waals surface area (Å²) in [5, 5.41) is 11.6. The van der Waals surface area contributed by atoms with Gasteiger partial charge in [-0.25, -0.2) is 20.8 Å². The van der Waals surface area contributed by atoms with Crippen molar-refractivity contribution in [2.24, 2.45) is 5.84 Å². The van der Waals surface area contributed by atoms with E-state index in [9.17, 15) is 10.1 Å². The molecule has 0 aliphatic rings. The number of hydrogen-bond donors (Lipinski definition) is 2. The fourth-order valence-electron chi connectivity index (χ4n) is 1.45. The number of nitrogens with two attached hydrogens (primary N) is 1. The average Bonchev–Trinajstić information content (AvgIpc) is 2.37. The molecule has 0 aliphatic heterocycles. The van der Waals surface area contributed by atoms with Crippen molar-refractivity contribution in [3.63, 3.8) is 0 Å². The van der Waals surface area contributed by atoms with E-state index in [4.69, 9.17) is 5.84 Å². The number of nitrogens with zero attached hydrogens (tertiary/aromatic N) is 5. The molecule has 0 spiro atoms. The van der Waals surface area contributed by atoms with Crippen molar-refractivity contribution >= 4 is 23.4 Å². The molecule has 20 heavy (non-hydrogen) atoms. The third-order valence-corrected chi connectivity index (χ3v) is 3.16. The van der Waals surface area contributed by atoms with E-state index in [0.29, 0.717) is 5.16 Å². The number of anilines is 1. The Morgan fingerprint density at radius 1 is 1.35 bits per heavy atom. The minimum Gasteiger partial charge on any atom is -0.292 e. The van der Waals surface area contributed by atoms with E-state index in [1.54, 1.807) is 19.2 Å². The molecular weight excluding hydrogens is 282 g/mol. The van der Waals surface area contributed by atoms with Crippen molar-refractivity contribution in [3.05, 3.63) is 33.8 Å². The molecular formula is C10H11N7O2S. The molecule has 2 rings (SSSR count). The fourth-order valence-corrected chi connectivity index (χ4v) is 2.38. The van der Waals surface area contributed by atoms with E-state index in [1.807, 2.05) is 0 Å². The molecule has 0 saturated heterocycles. The Morgan fingerprint density at radius 2 is 2.10 bits per heavy atom. The number of nitrogen functional groups attached to an aromatic ring is 1. The number of rotatable bonds is 4. The van der Waals surface area contributed by atoms with Crippen LogP contribution in [0.2, 0.25) is 0 Å². The van der Waals surface area contributed by atoms with Gasteiger partial charge in [0.25, 0.3) is 0 Å². The number of hydrogen-bond acceptors (Lipinski definition) is 9. The summed E-state index contributed by atoms with van der Waals surface area (Å²) in [5.41, 5.74) is 3.06. The molecule has 0 saturated carbocycles. The van der Waals surface area contributed by atoms with Gasteiger partial charge < -0.3 is 0 Å². The van der Waals surface area contributed by atoms with Gasteiger partial charge in [0.15, 0.2) is 10.2 Å². The van der Waals surface area contributed by atoms with Crippen LogP contribution in [0.3, 0.4) is 0 Å². The zero-order chi connectivity index (χ0) is 14.7. The number of nitrogens with one attached hydrogen (secondary N) is 1. The van der Waals surface area contributed by atoms with Gasteiger partial charge in [-0.15, -0.1) is 0 Å². The van der Waals surface area contributed by atoms with Crippen LogP contribution in [0.25, 0.3) is 0 Å². The molecule has 0 atom stereocenters. The van der Waals surface area contributed by atoms with Gasteiger partial charge in [0.2, 0.25) is 5.95 Å². The van der Waals surface area contributed by atoms with Gasteiger partial charge in [-0.05, 0) is 31.7 Å². The van der Waals surface area contributed by atoms with Crippen molar-refractivity contribution in [1.82, 2.24) is 19.9 Å². The lowest BCUT2D eigenvalue weighted by molar-refractivity contribution is -0.389. The standard InChI is InChI=1S/C10H11N7O2S/c1-5-3-4-12-10(13-5)20-8-7(17(18)19)6(2)14-9(15-8)16-11/h3-4H,11H2,1-2H3,(H,14,15,16). The zero-order valence-corrected chi connectivity index (χ0v) is 11.5. The van der Waals surface area contributed by atoms with Crippen molar-refractivity contribution < 1.29 is 4.92 Å². The minimum absolute atomic E-state index is 0.100. The zero-order valence-electron chi connectivity index (χ0n) is 10.7. The molecule has 10 heteroatoms. The first-order chi connectivity index (χ1) is 9.51. The van der Waals surface area contributed by atoms with Crippen molar-refractivity contribution in [3.8, 4) is 0 Å². The maximum absolute atomic E-state index is 11.1. The lowest BCUT2D eigenvalue weighted by atomic mass is 10.4. The largest absolute Gasteiger partial charge is 0.322 e. The molecule has 2 heterocycles. The lowest BCUT2D eigenvalue weighted by Crippen LogP contribution is -2.12. The summed E-state index contributed by atoms with van der Waals surface area (Å²) in [6, 6.07) is 1.73. The molecule has 0 unspecified atom stereocenters. The minimum atomic E-state index is -0.534. The van der Waals surface area contributed by atoms with Crippen LogP contribution in [-0.4, -0.2) is 24.9 Å². The van der Waals surface area contributed by atoms with E-state index in [2.05, 4.69) is 25.4 Å². The predicted molar refractivity (Wildman–Crippen MR) is 72.1 cm³/mol. The highest BCUT2D eigenvalue weighted by atomic mass is 32.2. The van der Waals surface area contributed by atoms with Crippen molar-refractivity contribution in [2.45, 2.75) is 24.0 Å². The second-order valence-corrected chi connectivity index (χ2v) is 4.73. The molecule has 0 fully saturated rings. The molecule has 0 radical (unpaired) electrons. The van der Waals surface area contributed by atoms with E-state index in [0.717, 1.165) is 17.5 Å². The summed E-state index contributed by atoms with van der Waals surface area (Å²) in [4.78, 5) is 26.7. The first kappa shape index (κ1) is 14.1. The Balaban J connectivity index is 2.48. The predicted octanol–water partition coefficient (Wildman–Crippen LogP) is 1.23. The van der Waals surface area contributed by atoms with Crippen LogP contribution in [0.1, 0.15) is 11.4 Å². The maximum Gasteiger partial charge on any atom is 0.322 e. The smallest absolute Gasteiger partial charge is 0.292 e. The van der Waals surface area contributed by atoms with Crippen LogP contribution in [0.4, 0.5) is 11.6 Å². The second kappa shape index (κ2) is 5.75. The summed E-state index contributed by atoms with van der Waals surface area (Å²) < 4.78 is 0. The van der Waals surface area contributed by atoms with E-state index in [-0.39, 0.29) is 22.4 Å². The van der Waals surface area contributed by atoms with Gasteiger partial charge in [0.1, 0.15) is 5.69 Å². The molecule has 0 amide bonds. The Morgan fingerprint density at radius 3 is 2.70 bits per heavy atom. The Bertz CT molecular complexity index is 664. The molecule has 0 bridgehead atoms. The molecule has 104 valence electrons. The van der Waals surface area contributed by atoms with Crippen LogP contribution in [0.15, 0.2) is 22.4 Å². The van der Waals surface area contributed by atoms with Crippen LogP contribution < -0.4 is 11.3 Å². The highest BCUT2D eigenvalue weighted by molar-refractivity contribution is 7.99. The van der Waals surface area contributed by atoms with Gasteiger partial charge in [-0.1, -0.05) is 0 Å². The fraction of sp³-hybridized carbons (Fsp3) is 0.200. The van der Waals surface area contributed by atoms with Gasteiger partial charge in [0, 0.05) is 11.9 Å². The first-order valence-electron chi connectivity index (χ1n) is 5.48. The number of aryl methyl sites for hydroxylation is 2. The van der Waals surface area contributed by atoms with Crippen LogP contribution in [0, 0.1) is 24.0 Å². The Hall–Kier alpha value is -2.33. The SMILES string of the molecule is Cc1ccnc(Sc2nc(NN)nc(C)c2[N+](=O)[O-])n1. The monoisotopic (exact) mass is 293 g/mol. The molecule has 0 aliphatic carbocycles. The highest BCUT2D eigenvalue weighted by Crippen LogP contribution is 2.33. The van der Waals surface area contributed by atoms with Gasteiger partial charge >= 0.3 is 5.69 Å². The molecule has 0 aromatic carbocycles.